The molecule has 2 aliphatic heterocycles. The van der Waals surface area contributed by atoms with Crippen molar-refractivity contribution in [2.24, 2.45) is 0 Å². The van der Waals surface area contributed by atoms with Gasteiger partial charge in [-0.3, -0.25) is 9.59 Å². The van der Waals surface area contributed by atoms with Crippen LogP contribution in [0.3, 0.4) is 0 Å². The summed E-state index contributed by atoms with van der Waals surface area (Å²) in [4.78, 5) is 30.4. The first-order valence-corrected chi connectivity index (χ1v) is 20.0. The van der Waals surface area contributed by atoms with E-state index in [2.05, 4.69) is 70.5 Å². The SMILES string of the molecule is O=C(c1ccccc1)N1CC[N+](CCCCCCCCCC[N+]2(Cc3ccccc3)CCN(C(=O)c3ccccc3)CC2)(Cc2ccccc2)CC1.[Br-].[Br-]. The number of piperazine rings is 2. The number of amides is 2. The quantitative estimate of drug-likeness (QED) is 0.121. The van der Waals surface area contributed by atoms with E-state index in [9.17, 15) is 9.59 Å². The van der Waals surface area contributed by atoms with E-state index in [-0.39, 0.29) is 45.8 Å². The molecule has 0 aliphatic carbocycles. The molecule has 0 radical (unpaired) electrons. The Morgan fingerprint density at radius 2 is 0.685 bits per heavy atom. The summed E-state index contributed by atoms with van der Waals surface area (Å²) in [5.41, 5.74) is 4.41. The Morgan fingerprint density at radius 3 is 1.00 bits per heavy atom. The van der Waals surface area contributed by atoms with Crippen LogP contribution in [0.2, 0.25) is 0 Å². The summed E-state index contributed by atoms with van der Waals surface area (Å²) in [6.07, 6.45) is 10.3. The van der Waals surface area contributed by atoms with Gasteiger partial charge in [0.25, 0.3) is 11.8 Å². The highest BCUT2D eigenvalue weighted by Crippen LogP contribution is 2.24. The number of hydrogen-bond donors (Lipinski definition) is 0. The van der Waals surface area contributed by atoms with Gasteiger partial charge in [-0.1, -0.05) is 123 Å². The largest absolute Gasteiger partial charge is 1.00 e. The van der Waals surface area contributed by atoms with Crippen LogP contribution in [-0.4, -0.2) is 96.0 Å². The highest BCUT2D eigenvalue weighted by Gasteiger charge is 2.36. The molecular weight excluding hydrogens is 800 g/mol. The molecule has 0 spiro atoms. The molecule has 2 fully saturated rings. The molecule has 6 nitrogen and oxygen atoms in total. The summed E-state index contributed by atoms with van der Waals surface area (Å²) in [5, 5.41) is 0. The molecule has 0 unspecified atom stereocenters. The maximum absolute atomic E-state index is 13.2. The first-order chi connectivity index (χ1) is 25.5. The molecule has 2 saturated heterocycles. The maximum atomic E-state index is 13.2. The Morgan fingerprint density at radius 1 is 0.407 bits per heavy atom. The van der Waals surface area contributed by atoms with Crippen LogP contribution in [0.4, 0.5) is 0 Å². The monoisotopic (exact) mass is 858 g/mol. The van der Waals surface area contributed by atoms with Gasteiger partial charge in [0.05, 0.1) is 65.4 Å². The van der Waals surface area contributed by atoms with Gasteiger partial charge in [0.2, 0.25) is 0 Å². The molecule has 290 valence electrons. The van der Waals surface area contributed by atoms with Gasteiger partial charge in [-0.25, -0.2) is 0 Å². The highest BCUT2D eigenvalue weighted by atomic mass is 79.9. The highest BCUT2D eigenvalue weighted by molar-refractivity contribution is 5.94. The minimum Gasteiger partial charge on any atom is -1.00 e. The number of benzene rings is 4. The molecule has 4 aromatic rings. The summed E-state index contributed by atoms with van der Waals surface area (Å²) < 4.78 is 2.17. The zero-order chi connectivity index (χ0) is 35.9. The number of halogens is 2. The van der Waals surface area contributed by atoms with Crippen LogP contribution >= 0.6 is 0 Å². The van der Waals surface area contributed by atoms with Crippen molar-refractivity contribution >= 4 is 11.8 Å². The second-order valence-corrected chi connectivity index (χ2v) is 15.5. The van der Waals surface area contributed by atoms with E-state index in [0.29, 0.717) is 0 Å². The summed E-state index contributed by atoms with van der Waals surface area (Å²) >= 11 is 0. The van der Waals surface area contributed by atoms with Gasteiger partial charge >= 0.3 is 0 Å². The molecular formula is C46H60Br2N4O2. The maximum Gasteiger partial charge on any atom is 0.254 e. The van der Waals surface area contributed by atoms with E-state index in [4.69, 9.17) is 0 Å². The fourth-order valence-electron chi connectivity index (χ4n) is 8.53. The summed E-state index contributed by atoms with van der Waals surface area (Å²) in [6, 6.07) is 41.4. The number of unbranched alkanes of at least 4 members (excludes halogenated alkanes) is 7. The second-order valence-electron chi connectivity index (χ2n) is 15.5. The first kappa shape index (κ1) is 43.4. The van der Waals surface area contributed by atoms with E-state index in [1.54, 1.807) is 0 Å². The lowest BCUT2D eigenvalue weighted by Gasteiger charge is -2.45. The molecule has 8 heteroatoms. The molecule has 0 bridgehead atoms. The standard InChI is InChI=1S/C46H60N4O2.2BrH/c51-45(43-25-15-9-16-26-43)47-29-35-49(36-30-47,39-41-21-11-7-12-22-41)33-19-5-3-1-2-4-6-20-34-50(40-42-23-13-8-14-24-42)37-31-48(32-38-50)46(52)44-27-17-10-18-28-44;;/h7-18,21-28H,1-6,19-20,29-40H2;2*1H/q+2;;/p-2. The summed E-state index contributed by atoms with van der Waals surface area (Å²) in [5.74, 6) is 0.341. The van der Waals surface area contributed by atoms with E-state index < -0.39 is 0 Å². The van der Waals surface area contributed by atoms with Crippen LogP contribution in [0, 0.1) is 0 Å². The fraction of sp³-hybridized carbons (Fsp3) is 0.435. The van der Waals surface area contributed by atoms with Crippen molar-refractivity contribution in [3.8, 4) is 0 Å². The molecule has 0 N–H and O–H groups in total. The minimum absolute atomic E-state index is 0. The number of quaternary nitrogens is 2. The minimum atomic E-state index is 0. The number of nitrogens with zero attached hydrogens (tertiary/aromatic N) is 4. The Kier molecular flexibility index (Phi) is 17.9. The average Bonchev–Trinajstić information content (AvgIpc) is 3.20. The molecule has 0 atom stereocenters. The zero-order valence-electron chi connectivity index (χ0n) is 32.1. The Bertz CT molecular complexity index is 1520. The van der Waals surface area contributed by atoms with Gasteiger partial charge in [-0.2, -0.15) is 0 Å². The van der Waals surface area contributed by atoms with Gasteiger partial charge in [0.15, 0.2) is 0 Å². The van der Waals surface area contributed by atoms with Gasteiger partial charge in [-0.05, 0) is 49.9 Å². The molecule has 4 aromatic carbocycles. The van der Waals surface area contributed by atoms with E-state index >= 15 is 0 Å². The van der Waals surface area contributed by atoms with E-state index in [1.807, 2.05) is 60.7 Å². The Hall–Kier alpha value is -3.30. The van der Waals surface area contributed by atoms with Crippen LogP contribution in [0.1, 0.15) is 83.2 Å². The van der Waals surface area contributed by atoms with Crippen molar-refractivity contribution in [1.82, 2.24) is 9.80 Å². The normalized spacial score (nSPS) is 16.1. The van der Waals surface area contributed by atoms with Crippen molar-refractivity contribution in [3.63, 3.8) is 0 Å². The average molecular weight is 861 g/mol. The predicted molar refractivity (Wildman–Crippen MR) is 212 cm³/mol. The van der Waals surface area contributed by atoms with Gasteiger partial charge in [0.1, 0.15) is 13.1 Å². The Balaban J connectivity index is 0.00000325. The van der Waals surface area contributed by atoms with Crippen molar-refractivity contribution < 1.29 is 52.5 Å². The lowest BCUT2D eigenvalue weighted by molar-refractivity contribution is -0.944. The van der Waals surface area contributed by atoms with Crippen molar-refractivity contribution in [2.45, 2.75) is 64.5 Å². The fourth-order valence-corrected chi connectivity index (χ4v) is 8.53. The van der Waals surface area contributed by atoms with Crippen molar-refractivity contribution in [3.05, 3.63) is 144 Å². The molecule has 54 heavy (non-hydrogen) atoms. The second kappa shape index (κ2) is 22.3. The third kappa shape index (κ3) is 12.6. The lowest BCUT2D eigenvalue weighted by Crippen LogP contribution is -3.00. The summed E-state index contributed by atoms with van der Waals surface area (Å²) in [6.45, 7) is 11.9. The molecule has 0 aromatic heterocycles. The molecule has 0 saturated carbocycles. The summed E-state index contributed by atoms with van der Waals surface area (Å²) in [7, 11) is 0. The molecule has 6 rings (SSSR count). The van der Waals surface area contributed by atoms with Crippen LogP contribution in [0.5, 0.6) is 0 Å². The topological polar surface area (TPSA) is 40.6 Å². The number of carbonyl (C=O) groups excluding carboxylic acids is 2. The number of carbonyl (C=O) groups is 2. The van der Waals surface area contributed by atoms with Gasteiger partial charge < -0.3 is 52.7 Å². The van der Waals surface area contributed by atoms with Gasteiger partial charge in [0, 0.05) is 22.3 Å². The smallest absolute Gasteiger partial charge is 0.254 e. The molecule has 2 heterocycles. The number of hydrogen-bond acceptors (Lipinski definition) is 2. The van der Waals surface area contributed by atoms with Gasteiger partial charge in [-0.15, -0.1) is 0 Å². The third-order valence-corrected chi connectivity index (χ3v) is 11.7. The van der Waals surface area contributed by atoms with E-state index in [0.717, 1.165) is 85.5 Å². The van der Waals surface area contributed by atoms with Crippen molar-refractivity contribution in [1.29, 1.82) is 0 Å². The van der Waals surface area contributed by atoms with E-state index in [1.165, 1.54) is 75.6 Å². The zero-order valence-corrected chi connectivity index (χ0v) is 35.2. The first-order valence-electron chi connectivity index (χ1n) is 20.0. The third-order valence-electron chi connectivity index (χ3n) is 11.7. The van der Waals surface area contributed by atoms with Crippen LogP contribution < -0.4 is 34.0 Å². The van der Waals surface area contributed by atoms with Crippen LogP contribution in [-0.2, 0) is 13.1 Å². The van der Waals surface area contributed by atoms with Crippen LogP contribution in [0.25, 0.3) is 0 Å². The Labute approximate surface area is 345 Å². The number of rotatable bonds is 17. The molecule has 2 aliphatic rings. The lowest BCUT2D eigenvalue weighted by atomic mass is 10.0. The molecule has 2 amide bonds. The van der Waals surface area contributed by atoms with Crippen molar-refractivity contribution in [2.75, 3.05) is 65.4 Å². The predicted octanol–water partition coefficient (Wildman–Crippen LogP) is 2.46. The van der Waals surface area contributed by atoms with Crippen LogP contribution in [0.15, 0.2) is 121 Å².